The molecule has 0 aliphatic carbocycles. The van der Waals surface area contributed by atoms with Crippen molar-refractivity contribution in [2.75, 3.05) is 5.32 Å². The predicted molar refractivity (Wildman–Crippen MR) is 123 cm³/mol. The van der Waals surface area contributed by atoms with E-state index in [4.69, 9.17) is 11.6 Å². The first-order chi connectivity index (χ1) is 14.2. The Morgan fingerprint density at radius 3 is 2.53 bits per heavy atom. The van der Waals surface area contributed by atoms with Gasteiger partial charge in [0.15, 0.2) is 0 Å². The molecule has 0 saturated heterocycles. The number of hydrogen-bond donors (Lipinski definition) is 2. The van der Waals surface area contributed by atoms with Crippen LogP contribution in [0.5, 0.6) is 0 Å². The van der Waals surface area contributed by atoms with E-state index in [9.17, 15) is 13.2 Å². The summed E-state index contributed by atoms with van der Waals surface area (Å²) in [5.41, 5.74) is 1.98. The largest absolute Gasteiger partial charge is 0.333 e. The van der Waals surface area contributed by atoms with Gasteiger partial charge in [0, 0.05) is 15.3 Å². The van der Waals surface area contributed by atoms with E-state index in [1.807, 2.05) is 37.3 Å². The minimum Gasteiger partial charge on any atom is -0.297 e. The second-order valence-electron chi connectivity index (χ2n) is 6.49. The van der Waals surface area contributed by atoms with Crippen molar-refractivity contribution in [2.24, 2.45) is 0 Å². The predicted octanol–water partition coefficient (Wildman–Crippen LogP) is 5.81. The number of anilines is 1. The fourth-order valence-electron chi connectivity index (χ4n) is 3.03. The molecule has 4 aromatic rings. The molecule has 30 heavy (non-hydrogen) atoms. The van der Waals surface area contributed by atoms with Gasteiger partial charge in [0.1, 0.15) is 14.9 Å². The van der Waals surface area contributed by atoms with Gasteiger partial charge in [0.25, 0.3) is 10.0 Å². The van der Waals surface area contributed by atoms with Crippen molar-refractivity contribution in [1.82, 2.24) is 9.71 Å². The fraction of sp³-hybridized carbons (Fsp3) is 0.100. The Labute approximate surface area is 186 Å². The molecule has 2 aromatic carbocycles. The molecule has 2 aromatic heterocycles. The van der Waals surface area contributed by atoms with Gasteiger partial charge in [0.2, 0.25) is 0 Å². The van der Waals surface area contributed by atoms with Gasteiger partial charge in [-0.2, -0.15) is 0 Å². The molecule has 2 N–H and O–H groups in total. The maximum absolute atomic E-state index is 12.9. The molecule has 6 nitrogen and oxygen atoms in total. The Bertz CT molecular complexity index is 1360. The molecule has 0 radical (unpaired) electrons. The third-order valence-electron chi connectivity index (χ3n) is 4.33. The van der Waals surface area contributed by atoms with Crippen molar-refractivity contribution in [3.8, 4) is 11.3 Å². The van der Waals surface area contributed by atoms with Crippen LogP contribution in [0.25, 0.3) is 21.3 Å². The van der Waals surface area contributed by atoms with E-state index in [2.05, 4.69) is 15.0 Å². The van der Waals surface area contributed by atoms with Crippen molar-refractivity contribution in [1.29, 1.82) is 0 Å². The summed E-state index contributed by atoms with van der Waals surface area (Å²) in [4.78, 5) is 17.0. The van der Waals surface area contributed by atoms with Crippen molar-refractivity contribution < 1.29 is 13.2 Å². The number of thiazole rings is 1. The highest BCUT2D eigenvalue weighted by Crippen LogP contribution is 2.36. The van der Waals surface area contributed by atoms with Gasteiger partial charge in [-0.1, -0.05) is 41.9 Å². The fourth-order valence-corrected chi connectivity index (χ4v) is 6.69. The Morgan fingerprint density at radius 2 is 1.80 bits per heavy atom. The number of fused-ring (bicyclic) bond motifs is 1. The number of sulfonamides is 1. The maximum atomic E-state index is 12.9. The molecule has 2 amide bonds. The number of carbonyl (C=O) groups excluding carboxylic acids is 1. The van der Waals surface area contributed by atoms with Crippen molar-refractivity contribution in [2.45, 2.75) is 18.1 Å². The van der Waals surface area contributed by atoms with E-state index in [-0.39, 0.29) is 4.21 Å². The zero-order valence-electron chi connectivity index (χ0n) is 15.9. The number of amides is 2. The summed E-state index contributed by atoms with van der Waals surface area (Å²) in [6.45, 7) is 3.52. The lowest BCUT2D eigenvalue weighted by Gasteiger charge is -2.08. The minimum atomic E-state index is -4.06. The summed E-state index contributed by atoms with van der Waals surface area (Å²) in [5.74, 6) is 0. The molecule has 154 valence electrons. The molecule has 0 saturated carbocycles. The van der Waals surface area contributed by atoms with E-state index < -0.39 is 16.1 Å². The van der Waals surface area contributed by atoms with E-state index in [1.165, 1.54) is 11.3 Å². The summed E-state index contributed by atoms with van der Waals surface area (Å²) in [6.07, 6.45) is 0. The summed E-state index contributed by atoms with van der Waals surface area (Å²) in [6, 6.07) is 13.7. The average molecular weight is 478 g/mol. The van der Waals surface area contributed by atoms with Crippen LogP contribution in [0.2, 0.25) is 5.02 Å². The monoisotopic (exact) mass is 477 g/mol. The third kappa shape index (κ3) is 4.06. The zero-order valence-corrected chi connectivity index (χ0v) is 19.1. The molecule has 0 atom stereocenters. The topological polar surface area (TPSA) is 88.2 Å². The summed E-state index contributed by atoms with van der Waals surface area (Å²) < 4.78 is 28.7. The van der Waals surface area contributed by atoms with Crippen LogP contribution in [-0.4, -0.2) is 19.4 Å². The number of urea groups is 1. The van der Waals surface area contributed by atoms with Crippen LogP contribution in [0.3, 0.4) is 0 Å². The Morgan fingerprint density at radius 1 is 1.07 bits per heavy atom. The molecule has 0 bridgehead atoms. The lowest BCUT2D eigenvalue weighted by atomic mass is 10.2. The number of nitrogens with zero attached hydrogens (tertiary/aromatic N) is 1. The molecule has 0 fully saturated rings. The zero-order chi connectivity index (χ0) is 21.5. The number of halogens is 1. The minimum absolute atomic E-state index is 0.0821. The van der Waals surface area contributed by atoms with E-state index in [0.717, 1.165) is 32.0 Å². The first kappa shape index (κ1) is 20.8. The second-order valence-corrected chi connectivity index (χ2v) is 11.1. The lowest BCUT2D eigenvalue weighted by molar-refractivity contribution is 0.256. The Hall–Kier alpha value is -2.46. The van der Waals surface area contributed by atoms with Crippen LogP contribution in [0.15, 0.2) is 52.7 Å². The van der Waals surface area contributed by atoms with Crippen LogP contribution in [0.4, 0.5) is 9.80 Å². The number of hydrogen-bond acceptors (Lipinski definition) is 6. The number of aryl methyl sites for hydroxylation is 2. The molecule has 0 aliphatic rings. The standard InChI is InChI=1S/C20H16ClN3O3S3/c1-11-15-10-14(21)8-9-16(15)29-19(11)30(26,27)24-20(25)23-18-17(22-12(2)28-18)13-6-4-3-5-7-13/h3-10H,1-2H3,(H2,23,24,25). The van der Waals surface area contributed by atoms with Gasteiger partial charge >= 0.3 is 6.03 Å². The highest BCUT2D eigenvalue weighted by molar-refractivity contribution is 7.92. The molecular formula is C20H16ClN3O3S3. The second kappa shape index (κ2) is 7.99. The lowest BCUT2D eigenvalue weighted by Crippen LogP contribution is -2.34. The molecule has 0 unspecified atom stereocenters. The van der Waals surface area contributed by atoms with Crippen molar-refractivity contribution >= 4 is 65.4 Å². The van der Waals surface area contributed by atoms with Crippen LogP contribution < -0.4 is 10.0 Å². The van der Waals surface area contributed by atoms with Crippen molar-refractivity contribution in [3.05, 3.63) is 64.1 Å². The number of thiophene rings is 1. The van der Waals surface area contributed by atoms with Gasteiger partial charge in [-0.15, -0.1) is 22.7 Å². The molecule has 10 heteroatoms. The van der Waals surface area contributed by atoms with Crippen LogP contribution in [-0.2, 0) is 10.0 Å². The van der Waals surface area contributed by atoms with Crippen LogP contribution in [0, 0.1) is 13.8 Å². The SMILES string of the molecule is Cc1nc(-c2ccccc2)c(NC(=O)NS(=O)(=O)c2sc3ccc(Cl)cc3c2C)s1. The summed E-state index contributed by atoms with van der Waals surface area (Å²) in [5, 5.41) is 5.13. The van der Waals surface area contributed by atoms with Crippen LogP contribution >= 0.6 is 34.3 Å². The quantitative estimate of drug-likeness (QED) is 0.388. The first-order valence-electron chi connectivity index (χ1n) is 8.80. The van der Waals surface area contributed by atoms with E-state index >= 15 is 0 Å². The average Bonchev–Trinajstić information content (AvgIpc) is 3.22. The number of nitrogens with one attached hydrogen (secondary N) is 2. The summed E-state index contributed by atoms with van der Waals surface area (Å²) >= 11 is 8.40. The van der Waals surface area contributed by atoms with Gasteiger partial charge in [-0.25, -0.2) is 22.9 Å². The molecule has 0 aliphatic heterocycles. The smallest absolute Gasteiger partial charge is 0.297 e. The highest BCUT2D eigenvalue weighted by Gasteiger charge is 2.25. The maximum Gasteiger partial charge on any atom is 0.333 e. The number of carbonyl (C=O) groups is 1. The highest BCUT2D eigenvalue weighted by atomic mass is 35.5. The van der Waals surface area contributed by atoms with Gasteiger partial charge in [-0.3, -0.25) is 5.32 Å². The van der Waals surface area contributed by atoms with Gasteiger partial charge in [-0.05, 0) is 43.0 Å². The Kier molecular flexibility index (Phi) is 5.54. The third-order valence-corrected chi connectivity index (χ3v) is 8.68. The number of aromatic nitrogens is 1. The normalized spacial score (nSPS) is 11.6. The molecular weight excluding hydrogens is 462 g/mol. The Balaban J connectivity index is 1.60. The molecule has 4 rings (SSSR count). The number of benzene rings is 2. The molecule has 2 heterocycles. The van der Waals surface area contributed by atoms with Crippen molar-refractivity contribution in [3.63, 3.8) is 0 Å². The first-order valence-corrected chi connectivity index (χ1v) is 12.3. The van der Waals surface area contributed by atoms with E-state index in [0.29, 0.717) is 21.3 Å². The molecule has 0 spiro atoms. The van der Waals surface area contributed by atoms with Gasteiger partial charge in [0.05, 0.1) is 5.01 Å². The van der Waals surface area contributed by atoms with E-state index in [1.54, 1.807) is 25.1 Å². The van der Waals surface area contributed by atoms with Gasteiger partial charge < -0.3 is 0 Å². The number of rotatable bonds is 4. The van der Waals surface area contributed by atoms with Crippen LogP contribution in [0.1, 0.15) is 10.6 Å². The summed E-state index contributed by atoms with van der Waals surface area (Å²) in [7, 11) is -4.06.